The molecule has 0 aliphatic carbocycles. The fourth-order valence-electron chi connectivity index (χ4n) is 2.19. The van der Waals surface area contributed by atoms with Crippen molar-refractivity contribution in [2.24, 2.45) is 0 Å². The number of anilines is 1. The van der Waals surface area contributed by atoms with E-state index >= 15 is 0 Å². The van der Waals surface area contributed by atoms with Gasteiger partial charge in [-0.25, -0.2) is 12.7 Å². The van der Waals surface area contributed by atoms with Crippen molar-refractivity contribution in [1.82, 2.24) is 14.5 Å². The van der Waals surface area contributed by atoms with Crippen LogP contribution in [0.15, 0.2) is 21.4 Å². The van der Waals surface area contributed by atoms with Gasteiger partial charge in [-0.3, -0.25) is 0 Å². The van der Waals surface area contributed by atoms with Gasteiger partial charge >= 0.3 is 6.01 Å². The van der Waals surface area contributed by atoms with Crippen molar-refractivity contribution in [1.29, 1.82) is 0 Å². The molecule has 0 amide bonds. The van der Waals surface area contributed by atoms with Crippen LogP contribution in [0.3, 0.4) is 0 Å². The summed E-state index contributed by atoms with van der Waals surface area (Å²) in [5.74, 6) is 1.03. The quantitative estimate of drug-likeness (QED) is 0.742. The van der Waals surface area contributed by atoms with Crippen LogP contribution >= 0.6 is 0 Å². The maximum Gasteiger partial charge on any atom is 0.315 e. The van der Waals surface area contributed by atoms with Crippen molar-refractivity contribution in [3.8, 4) is 11.5 Å². The van der Waals surface area contributed by atoms with E-state index in [4.69, 9.17) is 13.9 Å². The average molecular weight is 370 g/mol. The Kier molecular flexibility index (Phi) is 5.85. The van der Waals surface area contributed by atoms with Gasteiger partial charge in [-0.15, -0.1) is 5.10 Å². The first-order valence-electron chi connectivity index (χ1n) is 7.57. The fourth-order valence-corrected chi connectivity index (χ4v) is 3.30. The SMILES string of the molecule is CCNc1nnc(Cc2cc(OC)c(OC)cc2S(=O)(=O)N(C)C)o1. The summed E-state index contributed by atoms with van der Waals surface area (Å²) in [5.41, 5.74) is 0.470. The van der Waals surface area contributed by atoms with Crippen LogP contribution in [0.2, 0.25) is 0 Å². The van der Waals surface area contributed by atoms with Gasteiger partial charge in [-0.05, 0) is 18.6 Å². The summed E-state index contributed by atoms with van der Waals surface area (Å²) in [6, 6.07) is 3.33. The number of nitrogens with one attached hydrogen (secondary N) is 1. The van der Waals surface area contributed by atoms with E-state index in [1.54, 1.807) is 6.07 Å². The second-order valence-electron chi connectivity index (χ2n) is 5.31. The molecule has 2 aromatic rings. The van der Waals surface area contributed by atoms with Gasteiger partial charge < -0.3 is 19.2 Å². The molecule has 1 N–H and O–H groups in total. The van der Waals surface area contributed by atoms with Gasteiger partial charge in [-0.2, -0.15) is 0 Å². The minimum absolute atomic E-state index is 0.0957. The molecule has 0 unspecified atom stereocenters. The Morgan fingerprint density at radius 1 is 1.16 bits per heavy atom. The number of hydrogen-bond donors (Lipinski definition) is 1. The summed E-state index contributed by atoms with van der Waals surface area (Å²) in [5, 5.41) is 10.7. The van der Waals surface area contributed by atoms with E-state index in [0.29, 0.717) is 29.5 Å². The second-order valence-corrected chi connectivity index (χ2v) is 7.43. The summed E-state index contributed by atoms with van der Waals surface area (Å²) in [4.78, 5) is 0.0957. The standard InChI is InChI=1S/C15H22N4O5S/c1-6-16-15-18-17-14(24-15)8-10-7-11(22-4)12(23-5)9-13(10)25(20,21)19(2)3/h7,9H,6,8H2,1-5H3,(H,16,18). The summed E-state index contributed by atoms with van der Waals surface area (Å²) >= 11 is 0. The number of hydrogen-bond acceptors (Lipinski definition) is 8. The fraction of sp³-hybridized carbons (Fsp3) is 0.467. The highest BCUT2D eigenvalue weighted by Crippen LogP contribution is 2.34. The van der Waals surface area contributed by atoms with Crippen LogP contribution in [0.1, 0.15) is 18.4 Å². The van der Waals surface area contributed by atoms with E-state index in [9.17, 15) is 8.42 Å². The summed E-state index contributed by atoms with van der Waals surface area (Å²) in [6.45, 7) is 2.54. The molecule has 0 aliphatic heterocycles. The molecule has 25 heavy (non-hydrogen) atoms. The lowest BCUT2D eigenvalue weighted by molar-refractivity contribution is 0.353. The van der Waals surface area contributed by atoms with Crippen LogP contribution in [0.5, 0.6) is 11.5 Å². The predicted molar refractivity (Wildman–Crippen MR) is 91.7 cm³/mol. The molecule has 1 aromatic carbocycles. The second kappa shape index (κ2) is 7.70. The van der Waals surface area contributed by atoms with Gasteiger partial charge in [0.05, 0.1) is 25.5 Å². The maximum absolute atomic E-state index is 12.7. The maximum atomic E-state index is 12.7. The Balaban J connectivity index is 2.53. The molecule has 0 bridgehead atoms. The lowest BCUT2D eigenvalue weighted by Gasteiger charge is -2.17. The highest BCUT2D eigenvalue weighted by atomic mass is 32.2. The predicted octanol–water partition coefficient (Wildman–Crippen LogP) is 1.36. The third-order valence-electron chi connectivity index (χ3n) is 3.46. The van der Waals surface area contributed by atoms with E-state index in [-0.39, 0.29) is 17.3 Å². The van der Waals surface area contributed by atoms with Crippen molar-refractivity contribution in [2.45, 2.75) is 18.2 Å². The van der Waals surface area contributed by atoms with Gasteiger partial charge in [0.15, 0.2) is 11.5 Å². The van der Waals surface area contributed by atoms with E-state index in [1.165, 1.54) is 34.4 Å². The Morgan fingerprint density at radius 3 is 2.36 bits per heavy atom. The van der Waals surface area contributed by atoms with E-state index < -0.39 is 10.0 Å². The summed E-state index contributed by atoms with van der Waals surface area (Å²) in [7, 11) is 2.16. The Labute approximate surface area is 147 Å². The molecule has 0 aliphatic rings. The molecular weight excluding hydrogens is 348 g/mol. The van der Waals surface area contributed by atoms with Gasteiger partial charge in [0.2, 0.25) is 15.9 Å². The van der Waals surface area contributed by atoms with E-state index in [0.717, 1.165) is 4.31 Å². The van der Waals surface area contributed by atoms with Crippen LogP contribution in [-0.4, -0.2) is 57.8 Å². The zero-order valence-electron chi connectivity index (χ0n) is 14.9. The molecule has 0 saturated heterocycles. The molecule has 2 rings (SSSR count). The largest absolute Gasteiger partial charge is 0.493 e. The van der Waals surface area contributed by atoms with Crippen molar-refractivity contribution in [3.05, 3.63) is 23.6 Å². The number of sulfonamides is 1. The van der Waals surface area contributed by atoms with E-state index in [2.05, 4.69) is 15.5 Å². The molecule has 0 radical (unpaired) electrons. The zero-order chi connectivity index (χ0) is 18.6. The number of aromatic nitrogens is 2. The first kappa shape index (κ1) is 19.0. The van der Waals surface area contributed by atoms with Gasteiger partial charge in [0.25, 0.3) is 0 Å². The van der Waals surface area contributed by atoms with Gasteiger partial charge in [0.1, 0.15) is 0 Å². The average Bonchev–Trinajstić information content (AvgIpc) is 3.01. The number of benzene rings is 1. The normalized spacial score (nSPS) is 11.6. The van der Waals surface area contributed by atoms with Gasteiger partial charge in [-0.1, -0.05) is 5.10 Å². The number of ether oxygens (including phenoxy) is 2. The van der Waals surface area contributed by atoms with Crippen LogP contribution in [0.4, 0.5) is 6.01 Å². The van der Waals surface area contributed by atoms with Crippen molar-refractivity contribution < 1.29 is 22.3 Å². The highest BCUT2D eigenvalue weighted by Gasteiger charge is 2.25. The Morgan fingerprint density at radius 2 is 1.80 bits per heavy atom. The molecule has 10 heteroatoms. The molecule has 138 valence electrons. The number of methoxy groups -OCH3 is 2. The third kappa shape index (κ3) is 4.02. The Bertz CT molecular complexity index is 832. The first-order valence-corrected chi connectivity index (χ1v) is 9.01. The first-order chi connectivity index (χ1) is 11.8. The molecule has 0 fully saturated rings. The Hall–Kier alpha value is -2.33. The van der Waals surface area contributed by atoms with Crippen molar-refractivity contribution >= 4 is 16.0 Å². The monoisotopic (exact) mass is 370 g/mol. The lowest BCUT2D eigenvalue weighted by atomic mass is 10.1. The minimum Gasteiger partial charge on any atom is -0.493 e. The smallest absolute Gasteiger partial charge is 0.315 e. The number of nitrogens with zero attached hydrogens (tertiary/aromatic N) is 3. The van der Waals surface area contributed by atoms with Crippen LogP contribution in [-0.2, 0) is 16.4 Å². The van der Waals surface area contributed by atoms with Crippen molar-refractivity contribution in [3.63, 3.8) is 0 Å². The van der Waals surface area contributed by atoms with E-state index in [1.807, 2.05) is 6.92 Å². The molecule has 9 nitrogen and oxygen atoms in total. The molecule has 0 spiro atoms. The third-order valence-corrected chi connectivity index (χ3v) is 5.36. The van der Waals surface area contributed by atoms with Crippen molar-refractivity contribution in [2.75, 3.05) is 40.2 Å². The molecule has 0 saturated carbocycles. The zero-order valence-corrected chi connectivity index (χ0v) is 15.7. The molecule has 0 atom stereocenters. The summed E-state index contributed by atoms with van der Waals surface area (Å²) < 4.78 is 42.4. The molecular formula is C15H22N4O5S. The van der Waals surface area contributed by atoms with Crippen LogP contribution < -0.4 is 14.8 Å². The summed E-state index contributed by atoms with van der Waals surface area (Å²) in [6.07, 6.45) is 0.140. The topological polar surface area (TPSA) is 107 Å². The lowest BCUT2D eigenvalue weighted by Crippen LogP contribution is -2.23. The number of rotatable bonds is 8. The van der Waals surface area contributed by atoms with Crippen LogP contribution in [0, 0.1) is 0 Å². The van der Waals surface area contributed by atoms with Gasteiger partial charge in [0, 0.05) is 26.7 Å². The molecule has 1 aromatic heterocycles. The minimum atomic E-state index is -3.70. The molecule has 1 heterocycles. The van der Waals surface area contributed by atoms with Crippen LogP contribution in [0.25, 0.3) is 0 Å². The highest BCUT2D eigenvalue weighted by molar-refractivity contribution is 7.89.